The van der Waals surface area contributed by atoms with E-state index in [9.17, 15) is 0 Å². The molecule has 0 saturated heterocycles. The van der Waals surface area contributed by atoms with Gasteiger partial charge < -0.3 is 0 Å². The third kappa shape index (κ3) is 1.99. The largest absolute Gasteiger partial charge is 0.0641 e. The number of fused-ring (bicyclic) bond motifs is 6. The van der Waals surface area contributed by atoms with Crippen molar-refractivity contribution in [3.8, 4) is 11.1 Å². The monoisotopic (exact) mass is 344 g/mol. The van der Waals surface area contributed by atoms with Gasteiger partial charge in [-0.05, 0) is 63.1 Å². The number of rotatable bonds is 1. The summed E-state index contributed by atoms with van der Waals surface area (Å²) in [4.78, 5) is 0. The Morgan fingerprint density at radius 3 is 2.04 bits per heavy atom. The topological polar surface area (TPSA) is 0 Å². The minimum atomic E-state index is 0.337. The minimum Gasteiger partial charge on any atom is -0.0641 e. The zero-order chi connectivity index (χ0) is 18.0. The Kier molecular flexibility index (Phi) is 3.02. The molecule has 0 amide bonds. The van der Waals surface area contributed by atoms with E-state index in [1.807, 2.05) is 0 Å². The van der Waals surface area contributed by atoms with Gasteiger partial charge in [0.05, 0.1) is 0 Å². The van der Waals surface area contributed by atoms with Crippen molar-refractivity contribution in [2.24, 2.45) is 0 Å². The van der Waals surface area contributed by atoms with Crippen LogP contribution in [0.15, 0.2) is 90.5 Å². The van der Waals surface area contributed by atoms with Crippen molar-refractivity contribution in [3.63, 3.8) is 0 Å². The fraction of sp³-hybridized carbons (Fsp3) is 0.111. The van der Waals surface area contributed by atoms with Gasteiger partial charge in [-0.25, -0.2) is 0 Å². The summed E-state index contributed by atoms with van der Waals surface area (Å²) in [6.45, 7) is 2.33. The lowest BCUT2D eigenvalue weighted by molar-refractivity contribution is 1.08. The summed E-state index contributed by atoms with van der Waals surface area (Å²) < 4.78 is 0. The predicted octanol–water partition coefficient (Wildman–Crippen LogP) is 6.98. The second kappa shape index (κ2) is 5.44. The molecule has 0 heteroatoms. The minimum absolute atomic E-state index is 0.337. The number of benzene rings is 4. The summed E-state index contributed by atoms with van der Waals surface area (Å²) in [5.74, 6) is 0.337. The molecule has 2 aliphatic carbocycles. The third-order valence-electron chi connectivity index (χ3n) is 6.32. The molecule has 4 aromatic rings. The molecule has 0 radical (unpaired) electrons. The van der Waals surface area contributed by atoms with Gasteiger partial charge in [0.15, 0.2) is 0 Å². The highest BCUT2D eigenvalue weighted by atomic mass is 14.4. The maximum absolute atomic E-state index is 2.33. The van der Waals surface area contributed by atoms with Crippen molar-refractivity contribution in [1.82, 2.24) is 0 Å². The van der Waals surface area contributed by atoms with E-state index < -0.39 is 0 Å². The molecule has 0 aliphatic heterocycles. The van der Waals surface area contributed by atoms with Gasteiger partial charge in [-0.15, -0.1) is 0 Å². The summed E-state index contributed by atoms with van der Waals surface area (Å²) in [5.41, 5.74) is 11.7. The molecule has 0 spiro atoms. The Hall–Kier alpha value is -3.12. The van der Waals surface area contributed by atoms with Gasteiger partial charge in [0.2, 0.25) is 0 Å². The number of hydrogen-bond acceptors (Lipinski definition) is 0. The Balaban J connectivity index is 1.68. The van der Waals surface area contributed by atoms with E-state index in [4.69, 9.17) is 0 Å². The van der Waals surface area contributed by atoms with Crippen molar-refractivity contribution in [2.75, 3.05) is 0 Å². The van der Waals surface area contributed by atoms with Crippen LogP contribution in [-0.4, -0.2) is 0 Å². The molecular weight excluding hydrogens is 324 g/mol. The lowest BCUT2D eigenvalue weighted by atomic mass is 9.83. The van der Waals surface area contributed by atoms with Crippen molar-refractivity contribution < 1.29 is 0 Å². The molecular formula is C27H20. The first kappa shape index (κ1) is 15.0. The number of hydrogen-bond donors (Lipinski definition) is 0. The molecule has 2 aliphatic rings. The van der Waals surface area contributed by atoms with E-state index in [1.54, 1.807) is 0 Å². The molecule has 0 unspecified atom stereocenters. The molecule has 0 saturated carbocycles. The lowest BCUT2D eigenvalue weighted by Crippen LogP contribution is -2.01. The highest BCUT2D eigenvalue weighted by Crippen LogP contribution is 2.54. The van der Waals surface area contributed by atoms with Crippen LogP contribution in [0, 0.1) is 0 Å². The summed E-state index contributed by atoms with van der Waals surface area (Å²) >= 11 is 0. The van der Waals surface area contributed by atoms with E-state index in [0.717, 1.165) is 6.42 Å². The first-order valence-electron chi connectivity index (χ1n) is 9.72. The van der Waals surface area contributed by atoms with E-state index in [2.05, 4.69) is 91.9 Å². The number of allylic oxidation sites excluding steroid dienone is 2. The van der Waals surface area contributed by atoms with Crippen LogP contribution in [-0.2, 0) is 6.42 Å². The van der Waals surface area contributed by atoms with Crippen LogP contribution in [0.4, 0.5) is 0 Å². The third-order valence-corrected chi connectivity index (χ3v) is 6.32. The first-order valence-corrected chi connectivity index (χ1v) is 9.72. The molecule has 0 bridgehead atoms. The van der Waals surface area contributed by atoms with Crippen LogP contribution >= 0.6 is 0 Å². The Morgan fingerprint density at radius 2 is 1.30 bits per heavy atom. The molecule has 0 nitrogen and oxygen atoms in total. The second-order valence-corrected chi connectivity index (χ2v) is 7.80. The fourth-order valence-corrected chi connectivity index (χ4v) is 5.23. The van der Waals surface area contributed by atoms with E-state index in [1.165, 1.54) is 55.3 Å². The van der Waals surface area contributed by atoms with Crippen LogP contribution in [0.5, 0.6) is 0 Å². The summed E-state index contributed by atoms with van der Waals surface area (Å²) in [6, 6.07) is 31.4. The highest BCUT2D eigenvalue weighted by Gasteiger charge is 2.35. The average molecular weight is 344 g/mol. The standard InChI is InChI=1S/C27H20/c1-17-16-19-15-14-18-8-2-3-9-20(18)26(19)25(17)27-23-12-6-4-10-21(23)22-11-5-7-13-24(22)27/h2-15,27H,16H2,1H3. The Labute approximate surface area is 159 Å². The van der Waals surface area contributed by atoms with Crippen LogP contribution < -0.4 is 0 Å². The average Bonchev–Trinajstić information content (AvgIpc) is 3.22. The van der Waals surface area contributed by atoms with Gasteiger partial charge >= 0.3 is 0 Å². The van der Waals surface area contributed by atoms with Crippen molar-refractivity contribution in [2.45, 2.75) is 19.3 Å². The smallest absolute Gasteiger partial charge is 0.0358 e. The van der Waals surface area contributed by atoms with Crippen molar-refractivity contribution >= 4 is 16.3 Å². The molecule has 0 aromatic heterocycles. The zero-order valence-electron chi connectivity index (χ0n) is 15.4. The van der Waals surface area contributed by atoms with Crippen molar-refractivity contribution in [1.29, 1.82) is 0 Å². The maximum Gasteiger partial charge on any atom is 0.0358 e. The van der Waals surface area contributed by atoms with Crippen LogP contribution in [0.3, 0.4) is 0 Å². The normalized spacial score (nSPS) is 15.1. The van der Waals surface area contributed by atoms with Crippen molar-refractivity contribution in [3.05, 3.63) is 113 Å². The van der Waals surface area contributed by atoms with Crippen LogP contribution in [0.25, 0.3) is 27.5 Å². The first-order chi connectivity index (χ1) is 13.3. The Morgan fingerprint density at radius 1 is 0.667 bits per heavy atom. The maximum atomic E-state index is 2.33. The quantitative estimate of drug-likeness (QED) is 0.349. The van der Waals surface area contributed by atoms with E-state index >= 15 is 0 Å². The molecule has 4 aromatic carbocycles. The van der Waals surface area contributed by atoms with E-state index in [0.29, 0.717) is 5.92 Å². The second-order valence-electron chi connectivity index (χ2n) is 7.80. The molecule has 27 heavy (non-hydrogen) atoms. The molecule has 0 atom stereocenters. The molecule has 128 valence electrons. The van der Waals surface area contributed by atoms with Crippen LogP contribution in [0.1, 0.15) is 35.1 Å². The SMILES string of the molecule is CC1=C(C2c3ccccc3-c3ccccc32)c2c(ccc3ccccc23)C1. The highest BCUT2D eigenvalue weighted by molar-refractivity contribution is 6.02. The molecule has 0 heterocycles. The van der Waals surface area contributed by atoms with Gasteiger partial charge in [0.1, 0.15) is 0 Å². The summed E-state index contributed by atoms with van der Waals surface area (Å²) in [7, 11) is 0. The van der Waals surface area contributed by atoms with Gasteiger partial charge in [-0.3, -0.25) is 0 Å². The fourth-order valence-electron chi connectivity index (χ4n) is 5.23. The summed E-state index contributed by atoms with van der Waals surface area (Å²) in [6.07, 6.45) is 1.07. The lowest BCUT2D eigenvalue weighted by Gasteiger charge is -2.20. The predicted molar refractivity (Wildman–Crippen MR) is 114 cm³/mol. The zero-order valence-corrected chi connectivity index (χ0v) is 15.4. The molecule has 0 fully saturated rings. The van der Waals surface area contributed by atoms with Gasteiger partial charge in [-0.1, -0.05) is 90.5 Å². The summed E-state index contributed by atoms with van der Waals surface area (Å²) in [5, 5.41) is 2.73. The Bertz CT molecular complexity index is 1210. The van der Waals surface area contributed by atoms with E-state index in [-0.39, 0.29) is 0 Å². The van der Waals surface area contributed by atoms with Crippen LogP contribution in [0.2, 0.25) is 0 Å². The molecule has 6 rings (SSSR count). The van der Waals surface area contributed by atoms with Gasteiger partial charge in [0.25, 0.3) is 0 Å². The van der Waals surface area contributed by atoms with Gasteiger partial charge in [-0.2, -0.15) is 0 Å². The molecule has 0 N–H and O–H groups in total. The van der Waals surface area contributed by atoms with Gasteiger partial charge in [0, 0.05) is 5.92 Å².